The van der Waals surface area contributed by atoms with Crippen molar-refractivity contribution in [3.05, 3.63) is 28.3 Å². The van der Waals surface area contributed by atoms with Crippen molar-refractivity contribution in [3.8, 4) is 5.75 Å². The van der Waals surface area contributed by atoms with Crippen molar-refractivity contribution in [2.45, 2.75) is 18.9 Å². The Labute approximate surface area is 105 Å². The molecule has 0 spiro atoms. The smallest absolute Gasteiger partial charge is 0.311 e. The molecular weight excluding hydrogens is 236 g/mol. The Morgan fingerprint density at radius 2 is 2.28 bits per heavy atom. The third kappa shape index (κ3) is 2.70. The van der Waals surface area contributed by atoms with E-state index in [4.69, 9.17) is 4.74 Å². The number of rotatable bonds is 5. The van der Waals surface area contributed by atoms with Crippen molar-refractivity contribution in [2.24, 2.45) is 5.92 Å². The summed E-state index contributed by atoms with van der Waals surface area (Å²) >= 11 is 0. The Morgan fingerprint density at radius 1 is 1.56 bits per heavy atom. The zero-order valence-electron chi connectivity index (χ0n) is 10.1. The molecule has 0 aromatic heterocycles. The van der Waals surface area contributed by atoms with E-state index in [1.54, 1.807) is 12.1 Å². The van der Waals surface area contributed by atoms with Crippen LogP contribution in [-0.4, -0.2) is 29.8 Å². The molecule has 0 saturated heterocycles. The molecule has 2 rings (SSSR count). The van der Waals surface area contributed by atoms with Crippen LogP contribution in [0.3, 0.4) is 0 Å². The predicted molar refractivity (Wildman–Crippen MR) is 66.9 cm³/mol. The molecule has 6 nitrogen and oxygen atoms in total. The molecule has 0 amide bonds. The minimum Gasteiger partial charge on any atom is -0.490 e. The molecule has 18 heavy (non-hydrogen) atoms. The summed E-state index contributed by atoms with van der Waals surface area (Å²) < 4.78 is 4.99. The van der Waals surface area contributed by atoms with Crippen LogP contribution in [0.5, 0.6) is 5.75 Å². The van der Waals surface area contributed by atoms with E-state index in [1.165, 1.54) is 13.2 Å². The minimum absolute atomic E-state index is 0.0397. The highest BCUT2D eigenvalue weighted by molar-refractivity contribution is 5.57. The molecule has 0 atom stereocenters. The molecule has 98 valence electrons. The van der Waals surface area contributed by atoms with Gasteiger partial charge in [0.2, 0.25) is 0 Å². The fourth-order valence-corrected chi connectivity index (χ4v) is 2.07. The number of ether oxygens (including phenoxy) is 1. The molecular formula is C12H16N2O4. The number of nitro groups is 1. The van der Waals surface area contributed by atoms with Crippen molar-refractivity contribution in [3.63, 3.8) is 0 Å². The van der Waals surface area contributed by atoms with Gasteiger partial charge in [0.1, 0.15) is 0 Å². The van der Waals surface area contributed by atoms with E-state index < -0.39 is 4.92 Å². The first-order valence-corrected chi connectivity index (χ1v) is 5.84. The van der Waals surface area contributed by atoms with Gasteiger partial charge in [-0.3, -0.25) is 10.1 Å². The largest absolute Gasteiger partial charge is 0.490 e. The van der Waals surface area contributed by atoms with Crippen LogP contribution in [0.2, 0.25) is 0 Å². The van der Waals surface area contributed by atoms with Gasteiger partial charge in [-0.1, -0.05) is 0 Å². The minimum atomic E-state index is -0.467. The third-order valence-corrected chi connectivity index (χ3v) is 3.18. The standard InChI is InChI=1S/C12H16N2O4/c1-18-12-6-9(2-3-11(12)14(16)17)13-7-8-4-10(15)5-8/h2-3,6,8,10,13,15H,4-5,7H2,1H3. The van der Waals surface area contributed by atoms with Gasteiger partial charge in [-0.15, -0.1) is 0 Å². The number of benzene rings is 1. The molecule has 0 aliphatic heterocycles. The molecule has 2 N–H and O–H groups in total. The number of nitrogens with zero attached hydrogens (tertiary/aromatic N) is 1. The van der Waals surface area contributed by atoms with Crippen molar-refractivity contribution in [2.75, 3.05) is 19.0 Å². The normalized spacial score (nSPS) is 22.1. The summed E-state index contributed by atoms with van der Waals surface area (Å²) in [4.78, 5) is 10.3. The summed E-state index contributed by atoms with van der Waals surface area (Å²) in [6.45, 7) is 0.762. The fraction of sp³-hybridized carbons (Fsp3) is 0.500. The summed E-state index contributed by atoms with van der Waals surface area (Å²) in [6, 6.07) is 4.71. The summed E-state index contributed by atoms with van der Waals surface area (Å²) in [5.41, 5.74) is 0.751. The lowest BCUT2D eigenvalue weighted by Gasteiger charge is -2.31. The maximum atomic E-state index is 10.7. The van der Waals surface area contributed by atoms with Crippen LogP contribution < -0.4 is 10.1 Å². The Balaban J connectivity index is 1.98. The molecule has 1 aromatic rings. The average molecular weight is 252 g/mol. The van der Waals surface area contributed by atoms with Gasteiger partial charge in [0.25, 0.3) is 0 Å². The van der Waals surface area contributed by atoms with Crippen LogP contribution >= 0.6 is 0 Å². The molecule has 0 bridgehead atoms. The SMILES string of the molecule is COc1cc(NCC2CC(O)C2)ccc1[N+](=O)[O-]. The lowest BCUT2D eigenvalue weighted by molar-refractivity contribution is -0.385. The zero-order valence-corrected chi connectivity index (χ0v) is 10.1. The zero-order chi connectivity index (χ0) is 13.1. The Kier molecular flexibility index (Phi) is 3.66. The Hall–Kier alpha value is -1.82. The number of hydrogen-bond donors (Lipinski definition) is 2. The first-order chi connectivity index (χ1) is 8.60. The molecule has 0 unspecified atom stereocenters. The van der Waals surface area contributed by atoms with Gasteiger partial charge >= 0.3 is 5.69 Å². The second kappa shape index (κ2) is 5.22. The van der Waals surface area contributed by atoms with Crippen LogP contribution in [0.15, 0.2) is 18.2 Å². The highest BCUT2D eigenvalue weighted by atomic mass is 16.6. The molecule has 1 aromatic carbocycles. The number of hydrogen-bond acceptors (Lipinski definition) is 5. The number of aliphatic hydroxyl groups excluding tert-OH is 1. The predicted octanol–water partition coefficient (Wildman–Crippen LogP) is 1.79. The van der Waals surface area contributed by atoms with Crippen molar-refractivity contribution in [1.29, 1.82) is 0 Å². The first-order valence-electron chi connectivity index (χ1n) is 5.84. The van der Waals surface area contributed by atoms with E-state index in [2.05, 4.69) is 5.32 Å². The average Bonchev–Trinajstić information content (AvgIpc) is 2.32. The van der Waals surface area contributed by atoms with E-state index >= 15 is 0 Å². The number of anilines is 1. The molecule has 1 saturated carbocycles. The van der Waals surface area contributed by atoms with Gasteiger partial charge in [0, 0.05) is 24.4 Å². The van der Waals surface area contributed by atoms with E-state index in [0.717, 1.165) is 25.1 Å². The number of aliphatic hydroxyl groups is 1. The number of nitro benzene ring substituents is 1. The Bertz CT molecular complexity index is 444. The summed E-state index contributed by atoms with van der Waals surface area (Å²) in [6.07, 6.45) is 1.47. The third-order valence-electron chi connectivity index (χ3n) is 3.18. The maximum absolute atomic E-state index is 10.7. The molecule has 1 aliphatic carbocycles. The lowest BCUT2D eigenvalue weighted by atomic mass is 9.82. The first kappa shape index (κ1) is 12.6. The molecule has 0 radical (unpaired) electrons. The number of methoxy groups -OCH3 is 1. The van der Waals surface area contributed by atoms with Crippen LogP contribution in [0, 0.1) is 16.0 Å². The van der Waals surface area contributed by atoms with Gasteiger partial charge in [0.15, 0.2) is 5.75 Å². The fourth-order valence-electron chi connectivity index (χ4n) is 2.07. The van der Waals surface area contributed by atoms with Gasteiger partial charge in [-0.25, -0.2) is 0 Å². The van der Waals surface area contributed by atoms with E-state index in [1.807, 2.05) is 0 Å². The molecule has 1 aliphatic rings. The summed E-state index contributed by atoms with van der Waals surface area (Å²) in [7, 11) is 1.41. The van der Waals surface area contributed by atoms with Crippen LogP contribution in [0.1, 0.15) is 12.8 Å². The topological polar surface area (TPSA) is 84.6 Å². The van der Waals surface area contributed by atoms with Crippen molar-refractivity contribution in [1.82, 2.24) is 0 Å². The van der Waals surface area contributed by atoms with Crippen molar-refractivity contribution >= 4 is 11.4 Å². The molecule has 1 fully saturated rings. The maximum Gasteiger partial charge on any atom is 0.311 e. The highest BCUT2D eigenvalue weighted by Gasteiger charge is 2.26. The summed E-state index contributed by atoms with van der Waals surface area (Å²) in [5, 5.41) is 23.1. The van der Waals surface area contributed by atoms with Crippen LogP contribution in [0.4, 0.5) is 11.4 Å². The lowest BCUT2D eigenvalue weighted by Crippen LogP contribution is -2.33. The van der Waals surface area contributed by atoms with Gasteiger partial charge in [0.05, 0.1) is 18.1 Å². The van der Waals surface area contributed by atoms with Crippen molar-refractivity contribution < 1.29 is 14.8 Å². The molecule has 6 heteroatoms. The monoisotopic (exact) mass is 252 g/mol. The van der Waals surface area contributed by atoms with Gasteiger partial charge in [-0.05, 0) is 24.8 Å². The quantitative estimate of drug-likeness (QED) is 0.616. The Morgan fingerprint density at radius 3 is 2.83 bits per heavy atom. The summed E-state index contributed by atoms with van der Waals surface area (Å²) in [5.74, 6) is 0.722. The van der Waals surface area contributed by atoms with Gasteiger partial charge in [-0.2, -0.15) is 0 Å². The van der Waals surface area contributed by atoms with Crippen LogP contribution in [0.25, 0.3) is 0 Å². The second-order valence-corrected chi connectivity index (χ2v) is 4.52. The molecule has 0 heterocycles. The highest BCUT2D eigenvalue weighted by Crippen LogP contribution is 2.31. The number of nitrogens with one attached hydrogen (secondary N) is 1. The van der Waals surface area contributed by atoms with E-state index in [0.29, 0.717) is 5.92 Å². The van der Waals surface area contributed by atoms with E-state index in [-0.39, 0.29) is 17.5 Å². The van der Waals surface area contributed by atoms with E-state index in [9.17, 15) is 15.2 Å². The van der Waals surface area contributed by atoms with Crippen LogP contribution in [-0.2, 0) is 0 Å². The second-order valence-electron chi connectivity index (χ2n) is 4.52. The van der Waals surface area contributed by atoms with Gasteiger partial charge < -0.3 is 15.2 Å².